The largest absolute Gasteiger partial charge is 0.495 e. The first-order valence-corrected chi connectivity index (χ1v) is 8.30. The molecule has 0 aromatic heterocycles. The summed E-state index contributed by atoms with van der Waals surface area (Å²) in [6.07, 6.45) is 0. The van der Waals surface area contributed by atoms with Gasteiger partial charge in [0.15, 0.2) is 18.1 Å². The SMILES string of the molecule is COC(=O)COc1cc(C(=O)Nc2cc(C)c(Cl)cc2OC)ccc1OC. The number of carbonyl (C=O) groups is 2. The van der Waals surface area contributed by atoms with Crippen LogP contribution in [0.25, 0.3) is 0 Å². The molecule has 144 valence electrons. The van der Waals surface area contributed by atoms with Gasteiger partial charge in [0.25, 0.3) is 5.91 Å². The Bertz CT molecular complexity index is 852. The Kier molecular flexibility index (Phi) is 6.90. The summed E-state index contributed by atoms with van der Waals surface area (Å²) >= 11 is 6.08. The van der Waals surface area contributed by atoms with Crippen LogP contribution < -0.4 is 19.5 Å². The van der Waals surface area contributed by atoms with Crippen LogP contribution in [0.3, 0.4) is 0 Å². The highest BCUT2D eigenvalue weighted by Gasteiger charge is 2.15. The van der Waals surface area contributed by atoms with Gasteiger partial charge in [-0.15, -0.1) is 0 Å². The lowest BCUT2D eigenvalue weighted by Gasteiger charge is -2.14. The van der Waals surface area contributed by atoms with Gasteiger partial charge < -0.3 is 24.3 Å². The molecule has 0 saturated carbocycles. The number of aryl methyl sites for hydroxylation is 1. The average molecular weight is 394 g/mol. The van der Waals surface area contributed by atoms with E-state index in [1.807, 2.05) is 6.92 Å². The van der Waals surface area contributed by atoms with E-state index in [0.717, 1.165) is 5.56 Å². The molecule has 0 unspecified atom stereocenters. The molecule has 2 rings (SSSR count). The molecule has 2 aromatic rings. The first-order chi connectivity index (χ1) is 12.9. The van der Waals surface area contributed by atoms with Gasteiger partial charge >= 0.3 is 5.97 Å². The second-order valence-corrected chi connectivity index (χ2v) is 5.89. The number of benzene rings is 2. The van der Waals surface area contributed by atoms with Crippen molar-refractivity contribution in [3.8, 4) is 17.2 Å². The number of anilines is 1. The Morgan fingerprint density at radius 3 is 2.33 bits per heavy atom. The van der Waals surface area contributed by atoms with Crippen LogP contribution in [0, 0.1) is 6.92 Å². The van der Waals surface area contributed by atoms with Gasteiger partial charge in [0.2, 0.25) is 0 Å². The number of hydrogen-bond acceptors (Lipinski definition) is 6. The number of hydrogen-bond donors (Lipinski definition) is 1. The van der Waals surface area contributed by atoms with Crippen molar-refractivity contribution in [3.63, 3.8) is 0 Å². The molecule has 0 aliphatic rings. The molecule has 8 heteroatoms. The van der Waals surface area contributed by atoms with Gasteiger partial charge in [-0.1, -0.05) is 11.6 Å². The van der Waals surface area contributed by atoms with Crippen molar-refractivity contribution in [2.75, 3.05) is 33.3 Å². The molecule has 0 fully saturated rings. The summed E-state index contributed by atoms with van der Waals surface area (Å²) in [5.41, 5.74) is 1.59. The molecule has 7 nitrogen and oxygen atoms in total. The Morgan fingerprint density at radius 1 is 1.00 bits per heavy atom. The van der Waals surface area contributed by atoms with Crippen LogP contribution in [-0.2, 0) is 9.53 Å². The summed E-state index contributed by atoms with van der Waals surface area (Å²) in [7, 11) is 4.21. The molecule has 0 spiro atoms. The molecule has 0 aliphatic heterocycles. The zero-order valence-electron chi connectivity index (χ0n) is 15.4. The van der Waals surface area contributed by atoms with Gasteiger partial charge in [0.1, 0.15) is 5.75 Å². The van der Waals surface area contributed by atoms with E-state index in [9.17, 15) is 9.59 Å². The molecule has 1 amide bonds. The number of nitrogens with one attached hydrogen (secondary N) is 1. The Hall–Kier alpha value is -2.93. The molecule has 0 saturated heterocycles. The summed E-state index contributed by atoms with van der Waals surface area (Å²) in [6.45, 7) is 1.52. The zero-order chi connectivity index (χ0) is 20.0. The average Bonchev–Trinajstić information content (AvgIpc) is 2.68. The van der Waals surface area contributed by atoms with E-state index in [-0.39, 0.29) is 18.3 Å². The fraction of sp³-hybridized carbons (Fsp3) is 0.263. The highest BCUT2D eigenvalue weighted by Crippen LogP contribution is 2.32. The third kappa shape index (κ3) is 5.04. The van der Waals surface area contributed by atoms with E-state index >= 15 is 0 Å². The van der Waals surface area contributed by atoms with E-state index < -0.39 is 5.97 Å². The van der Waals surface area contributed by atoms with Gasteiger partial charge in [-0.25, -0.2) is 4.79 Å². The standard InChI is InChI=1S/C19H20ClNO6/c1-11-7-14(16(25-3)9-13(11)20)21-19(23)12-5-6-15(24-2)17(8-12)27-10-18(22)26-4/h5-9H,10H2,1-4H3,(H,21,23). The molecule has 0 heterocycles. The molecule has 2 aromatic carbocycles. The lowest BCUT2D eigenvalue weighted by atomic mass is 10.1. The maximum atomic E-state index is 12.6. The number of methoxy groups -OCH3 is 3. The van der Waals surface area contributed by atoms with E-state index in [1.54, 1.807) is 24.3 Å². The van der Waals surface area contributed by atoms with Crippen molar-refractivity contribution in [1.29, 1.82) is 0 Å². The minimum atomic E-state index is -0.548. The quantitative estimate of drug-likeness (QED) is 0.725. The van der Waals surface area contributed by atoms with Crippen LogP contribution in [0.4, 0.5) is 5.69 Å². The van der Waals surface area contributed by atoms with Gasteiger partial charge in [0, 0.05) is 16.7 Å². The summed E-state index contributed by atoms with van der Waals surface area (Å²) in [6, 6.07) is 7.98. The van der Waals surface area contributed by atoms with Gasteiger partial charge in [0.05, 0.1) is 27.0 Å². The maximum absolute atomic E-state index is 12.6. The second-order valence-electron chi connectivity index (χ2n) is 5.49. The van der Waals surface area contributed by atoms with Crippen molar-refractivity contribution in [2.24, 2.45) is 0 Å². The fourth-order valence-electron chi connectivity index (χ4n) is 2.25. The van der Waals surface area contributed by atoms with Crippen molar-refractivity contribution < 1.29 is 28.5 Å². The smallest absolute Gasteiger partial charge is 0.343 e. The highest BCUT2D eigenvalue weighted by atomic mass is 35.5. The predicted octanol–water partition coefficient (Wildman–Crippen LogP) is 3.47. The first-order valence-electron chi connectivity index (χ1n) is 7.92. The Labute approximate surface area is 162 Å². The molecule has 27 heavy (non-hydrogen) atoms. The summed E-state index contributed by atoms with van der Waals surface area (Å²) < 4.78 is 20.4. The molecule has 0 radical (unpaired) electrons. The number of carbonyl (C=O) groups excluding carboxylic acids is 2. The van der Waals surface area contributed by atoms with E-state index in [0.29, 0.717) is 27.8 Å². The summed E-state index contributed by atoms with van der Waals surface area (Å²) in [5, 5.41) is 3.31. The van der Waals surface area contributed by atoms with Crippen LogP contribution in [0.5, 0.6) is 17.2 Å². The lowest BCUT2D eigenvalue weighted by Crippen LogP contribution is -2.15. The van der Waals surface area contributed by atoms with Crippen LogP contribution in [0.2, 0.25) is 5.02 Å². The zero-order valence-corrected chi connectivity index (χ0v) is 16.2. The molecule has 0 aliphatic carbocycles. The van der Waals surface area contributed by atoms with Crippen molar-refractivity contribution in [1.82, 2.24) is 0 Å². The third-order valence-corrected chi connectivity index (χ3v) is 4.14. The minimum Gasteiger partial charge on any atom is -0.495 e. The molecule has 0 atom stereocenters. The summed E-state index contributed by atoms with van der Waals surface area (Å²) in [5.74, 6) is 0.133. The highest BCUT2D eigenvalue weighted by molar-refractivity contribution is 6.31. The van der Waals surface area contributed by atoms with E-state index in [4.69, 9.17) is 25.8 Å². The van der Waals surface area contributed by atoms with Gasteiger partial charge in [-0.05, 0) is 36.8 Å². The second kappa shape index (κ2) is 9.14. The number of halogens is 1. The van der Waals surface area contributed by atoms with E-state index in [2.05, 4.69) is 10.1 Å². The number of ether oxygens (including phenoxy) is 4. The molecular weight excluding hydrogens is 374 g/mol. The molecule has 1 N–H and O–H groups in total. The van der Waals surface area contributed by atoms with Crippen LogP contribution >= 0.6 is 11.6 Å². The number of amides is 1. The molecule has 0 bridgehead atoms. The number of rotatable bonds is 7. The van der Waals surface area contributed by atoms with Crippen LogP contribution in [-0.4, -0.2) is 39.8 Å². The van der Waals surface area contributed by atoms with Crippen LogP contribution in [0.1, 0.15) is 15.9 Å². The van der Waals surface area contributed by atoms with Gasteiger partial charge in [-0.3, -0.25) is 4.79 Å². The first kappa shape index (κ1) is 20.4. The Morgan fingerprint density at radius 2 is 1.70 bits per heavy atom. The maximum Gasteiger partial charge on any atom is 0.343 e. The monoisotopic (exact) mass is 393 g/mol. The minimum absolute atomic E-state index is 0.245. The third-order valence-electron chi connectivity index (χ3n) is 3.73. The van der Waals surface area contributed by atoms with Gasteiger partial charge in [-0.2, -0.15) is 0 Å². The van der Waals surface area contributed by atoms with Crippen LogP contribution in [0.15, 0.2) is 30.3 Å². The lowest BCUT2D eigenvalue weighted by molar-refractivity contribution is -0.142. The predicted molar refractivity (Wildman–Crippen MR) is 101 cm³/mol. The summed E-state index contributed by atoms with van der Waals surface area (Å²) in [4.78, 5) is 23.9. The van der Waals surface area contributed by atoms with Crippen molar-refractivity contribution in [3.05, 3.63) is 46.5 Å². The number of esters is 1. The fourth-order valence-corrected chi connectivity index (χ4v) is 2.40. The van der Waals surface area contributed by atoms with E-state index in [1.165, 1.54) is 27.4 Å². The topological polar surface area (TPSA) is 83.1 Å². The van der Waals surface area contributed by atoms with Crippen molar-refractivity contribution in [2.45, 2.75) is 6.92 Å². The molecular formula is C19H20ClNO6. The van der Waals surface area contributed by atoms with Crippen molar-refractivity contribution >= 4 is 29.2 Å². The normalized spacial score (nSPS) is 10.1. The Balaban J connectivity index is 2.26.